The van der Waals surface area contributed by atoms with Gasteiger partial charge >= 0.3 is 5.97 Å². The van der Waals surface area contributed by atoms with Crippen molar-refractivity contribution in [2.75, 3.05) is 0 Å². The van der Waals surface area contributed by atoms with Gasteiger partial charge in [-0.1, -0.05) is 23.8 Å². The molecule has 1 heterocycles. The number of carbonyl (C=O) groups excluding carboxylic acids is 1. The van der Waals surface area contributed by atoms with Crippen molar-refractivity contribution < 1.29 is 14.7 Å². The summed E-state index contributed by atoms with van der Waals surface area (Å²) in [5, 5.41) is 15.6. The summed E-state index contributed by atoms with van der Waals surface area (Å²) < 4.78 is 3.62. The smallest absolute Gasteiger partial charge is 0.308 e. The minimum atomic E-state index is -0.829. The maximum Gasteiger partial charge on any atom is 0.308 e. The fourth-order valence-corrected chi connectivity index (χ4v) is 2.70. The molecule has 1 amide bonds. The number of carboxylic acids is 1. The molecule has 0 aliphatic heterocycles. The third-order valence-corrected chi connectivity index (χ3v) is 3.90. The molecular formula is C11H15N3O3S. The van der Waals surface area contributed by atoms with E-state index in [4.69, 9.17) is 0 Å². The Morgan fingerprint density at radius 2 is 2.11 bits per heavy atom. The lowest BCUT2D eigenvalue weighted by Crippen LogP contribution is -2.42. The maximum absolute atomic E-state index is 11.9. The predicted molar refractivity (Wildman–Crippen MR) is 65.4 cm³/mol. The average molecular weight is 269 g/mol. The lowest BCUT2D eigenvalue weighted by molar-refractivity contribution is -0.142. The maximum atomic E-state index is 11.9. The zero-order valence-electron chi connectivity index (χ0n) is 9.83. The zero-order valence-corrected chi connectivity index (χ0v) is 10.7. The number of aliphatic carboxylic acids is 1. The van der Waals surface area contributed by atoms with Gasteiger partial charge in [-0.3, -0.25) is 9.59 Å². The van der Waals surface area contributed by atoms with E-state index in [1.165, 1.54) is 6.20 Å². The highest BCUT2D eigenvalue weighted by Gasteiger charge is 2.31. The number of nitrogens with one attached hydrogen (secondary N) is 1. The molecule has 6 nitrogen and oxygen atoms in total. The molecule has 7 heteroatoms. The monoisotopic (exact) mass is 269 g/mol. The van der Waals surface area contributed by atoms with Gasteiger partial charge in [-0.25, -0.2) is 0 Å². The van der Waals surface area contributed by atoms with E-state index in [-0.39, 0.29) is 11.9 Å². The normalized spacial score (nSPS) is 24.2. The van der Waals surface area contributed by atoms with Crippen LogP contribution < -0.4 is 5.32 Å². The van der Waals surface area contributed by atoms with E-state index in [2.05, 4.69) is 14.9 Å². The molecule has 0 saturated heterocycles. The molecule has 0 radical (unpaired) electrons. The first-order chi connectivity index (χ1) is 8.68. The molecule has 1 aliphatic rings. The Balaban J connectivity index is 2.04. The van der Waals surface area contributed by atoms with Crippen molar-refractivity contribution in [3.8, 4) is 0 Å². The van der Waals surface area contributed by atoms with Gasteiger partial charge in [-0.2, -0.15) is 0 Å². The molecule has 1 fully saturated rings. The second-order valence-electron chi connectivity index (χ2n) is 4.44. The topological polar surface area (TPSA) is 92.2 Å². The molecule has 1 aromatic rings. The molecule has 18 heavy (non-hydrogen) atoms. The average Bonchev–Trinajstić information content (AvgIpc) is 2.77. The second kappa shape index (κ2) is 5.90. The van der Waals surface area contributed by atoms with Crippen molar-refractivity contribution >= 4 is 23.4 Å². The largest absolute Gasteiger partial charge is 0.481 e. The quantitative estimate of drug-likeness (QED) is 0.807. The molecule has 1 aliphatic carbocycles. The molecule has 2 atom stereocenters. The van der Waals surface area contributed by atoms with E-state index in [0.717, 1.165) is 37.2 Å². The number of hydrogen-bond donors (Lipinski definition) is 2. The van der Waals surface area contributed by atoms with Gasteiger partial charge in [-0.15, -0.1) is 5.10 Å². The van der Waals surface area contributed by atoms with Crippen molar-refractivity contribution in [1.29, 1.82) is 0 Å². The van der Waals surface area contributed by atoms with Gasteiger partial charge in [0.25, 0.3) is 5.91 Å². The molecule has 0 bridgehead atoms. The van der Waals surface area contributed by atoms with E-state index in [0.29, 0.717) is 11.3 Å². The Morgan fingerprint density at radius 3 is 2.78 bits per heavy atom. The van der Waals surface area contributed by atoms with Crippen LogP contribution in [-0.4, -0.2) is 32.6 Å². The Morgan fingerprint density at radius 1 is 1.33 bits per heavy atom. The molecule has 2 N–H and O–H groups in total. The van der Waals surface area contributed by atoms with Gasteiger partial charge < -0.3 is 10.4 Å². The van der Waals surface area contributed by atoms with Crippen LogP contribution in [0.2, 0.25) is 0 Å². The SMILES string of the molecule is O=C(N[C@H]1CCCCC[C@H]1C(=O)O)c1cnns1. The summed E-state index contributed by atoms with van der Waals surface area (Å²) in [5.74, 6) is -1.59. The highest BCUT2D eigenvalue weighted by atomic mass is 32.1. The summed E-state index contributed by atoms with van der Waals surface area (Å²) in [6, 6.07) is -0.292. The highest BCUT2D eigenvalue weighted by Crippen LogP contribution is 2.24. The molecule has 2 rings (SSSR count). The van der Waals surface area contributed by atoms with Gasteiger partial charge in [0.15, 0.2) is 0 Å². The van der Waals surface area contributed by atoms with Crippen LogP contribution in [0.15, 0.2) is 6.20 Å². The Hall–Kier alpha value is -1.50. The fourth-order valence-electron chi connectivity index (χ4n) is 2.28. The summed E-state index contributed by atoms with van der Waals surface area (Å²) >= 11 is 1.01. The third kappa shape index (κ3) is 3.04. The summed E-state index contributed by atoms with van der Waals surface area (Å²) in [6.07, 6.45) is 5.63. The van der Waals surface area contributed by atoms with Crippen LogP contribution in [-0.2, 0) is 4.79 Å². The predicted octanol–water partition coefficient (Wildman–Crippen LogP) is 1.30. The molecule has 0 unspecified atom stereocenters. The summed E-state index contributed by atoms with van der Waals surface area (Å²) in [6.45, 7) is 0. The van der Waals surface area contributed by atoms with Crippen LogP contribution in [0, 0.1) is 5.92 Å². The number of hydrogen-bond acceptors (Lipinski definition) is 5. The number of rotatable bonds is 3. The minimum absolute atomic E-state index is 0.275. The van der Waals surface area contributed by atoms with Gasteiger partial charge in [0.05, 0.1) is 12.1 Å². The number of nitrogens with zero attached hydrogens (tertiary/aromatic N) is 2. The van der Waals surface area contributed by atoms with E-state index < -0.39 is 11.9 Å². The first kappa shape index (κ1) is 12.9. The lowest BCUT2D eigenvalue weighted by atomic mass is 9.95. The van der Waals surface area contributed by atoms with Crippen LogP contribution in [0.25, 0.3) is 0 Å². The summed E-state index contributed by atoms with van der Waals surface area (Å²) in [7, 11) is 0. The zero-order chi connectivity index (χ0) is 13.0. The third-order valence-electron chi connectivity index (χ3n) is 3.23. The standard InChI is InChI=1S/C11H15N3O3S/c15-10(9-6-12-14-18-9)13-8-5-3-1-2-4-7(8)11(16)17/h6-8H,1-5H2,(H,13,15)(H,16,17)/t7-,8+/m1/s1. The van der Waals surface area contributed by atoms with Crippen LogP contribution >= 0.6 is 11.5 Å². The van der Waals surface area contributed by atoms with Crippen molar-refractivity contribution in [2.24, 2.45) is 5.92 Å². The summed E-state index contributed by atoms with van der Waals surface area (Å²) in [5.41, 5.74) is 0. The summed E-state index contributed by atoms with van der Waals surface area (Å²) in [4.78, 5) is 23.5. The van der Waals surface area contributed by atoms with Crippen molar-refractivity contribution in [1.82, 2.24) is 14.9 Å². The van der Waals surface area contributed by atoms with Crippen LogP contribution in [0.4, 0.5) is 0 Å². The molecule has 1 saturated carbocycles. The molecular weight excluding hydrogens is 254 g/mol. The van der Waals surface area contributed by atoms with Gasteiger partial charge in [-0.05, 0) is 24.4 Å². The van der Waals surface area contributed by atoms with Crippen molar-refractivity contribution in [3.63, 3.8) is 0 Å². The Bertz CT molecular complexity index is 421. The Labute approximate surface area is 109 Å². The van der Waals surface area contributed by atoms with E-state index >= 15 is 0 Å². The Kier molecular flexibility index (Phi) is 4.24. The van der Waals surface area contributed by atoms with E-state index in [9.17, 15) is 14.7 Å². The molecule has 98 valence electrons. The highest BCUT2D eigenvalue weighted by molar-refractivity contribution is 7.07. The molecule has 0 aromatic carbocycles. The van der Waals surface area contributed by atoms with E-state index in [1.54, 1.807) is 0 Å². The van der Waals surface area contributed by atoms with E-state index in [1.807, 2.05) is 0 Å². The number of aromatic nitrogens is 2. The first-order valence-corrected chi connectivity index (χ1v) is 6.77. The number of amides is 1. The first-order valence-electron chi connectivity index (χ1n) is 5.99. The van der Waals surface area contributed by atoms with Crippen LogP contribution in [0.3, 0.4) is 0 Å². The molecule has 0 spiro atoms. The number of carbonyl (C=O) groups is 2. The van der Waals surface area contributed by atoms with Crippen molar-refractivity contribution in [3.05, 3.63) is 11.1 Å². The minimum Gasteiger partial charge on any atom is -0.481 e. The van der Waals surface area contributed by atoms with Gasteiger partial charge in [0.1, 0.15) is 4.88 Å². The lowest BCUT2D eigenvalue weighted by Gasteiger charge is -2.22. The number of carboxylic acid groups (broad SMARTS) is 1. The van der Waals surface area contributed by atoms with Gasteiger partial charge in [0, 0.05) is 6.04 Å². The molecule has 1 aromatic heterocycles. The van der Waals surface area contributed by atoms with Gasteiger partial charge in [0.2, 0.25) is 0 Å². The fraction of sp³-hybridized carbons (Fsp3) is 0.636. The van der Waals surface area contributed by atoms with Crippen LogP contribution in [0.1, 0.15) is 41.8 Å². The van der Waals surface area contributed by atoms with Crippen molar-refractivity contribution in [2.45, 2.75) is 38.1 Å². The second-order valence-corrected chi connectivity index (χ2v) is 5.23. The van der Waals surface area contributed by atoms with Crippen LogP contribution in [0.5, 0.6) is 0 Å².